The summed E-state index contributed by atoms with van der Waals surface area (Å²) in [5, 5.41) is 3.71. The standard InChI is InChI=1S/C18H23NO/c1-3-8-15(9-4-1)14-19-18(17-12-7-13-20-17)16-10-5-2-6-11-16/h2,5-7,10-13,15,18-19H,1,3-4,8-9,14H2. The summed E-state index contributed by atoms with van der Waals surface area (Å²) in [4.78, 5) is 0. The Morgan fingerprint density at radius 1 is 1.00 bits per heavy atom. The predicted octanol–water partition coefficient (Wildman–Crippen LogP) is 4.54. The first-order valence-electron chi connectivity index (χ1n) is 7.75. The SMILES string of the molecule is c1ccc(C(NCC2CCCCC2)c2ccco2)cc1. The summed E-state index contributed by atoms with van der Waals surface area (Å²) in [6, 6.07) is 14.8. The fraction of sp³-hybridized carbons (Fsp3) is 0.444. The summed E-state index contributed by atoms with van der Waals surface area (Å²) >= 11 is 0. The molecule has 1 aliphatic carbocycles. The third-order valence-corrected chi connectivity index (χ3v) is 4.30. The van der Waals surface area contributed by atoms with E-state index in [1.807, 2.05) is 6.07 Å². The van der Waals surface area contributed by atoms with Crippen molar-refractivity contribution in [3.63, 3.8) is 0 Å². The molecule has 106 valence electrons. The largest absolute Gasteiger partial charge is 0.467 e. The van der Waals surface area contributed by atoms with Crippen LogP contribution in [0.5, 0.6) is 0 Å². The van der Waals surface area contributed by atoms with Crippen LogP contribution < -0.4 is 5.32 Å². The first-order chi connectivity index (χ1) is 9.93. The Kier molecular flexibility index (Phi) is 4.54. The van der Waals surface area contributed by atoms with Gasteiger partial charge in [0.05, 0.1) is 12.3 Å². The van der Waals surface area contributed by atoms with E-state index in [0.29, 0.717) is 0 Å². The van der Waals surface area contributed by atoms with Crippen LogP contribution in [0.25, 0.3) is 0 Å². The number of furan rings is 1. The van der Waals surface area contributed by atoms with E-state index in [2.05, 4.69) is 41.7 Å². The smallest absolute Gasteiger partial charge is 0.125 e. The number of hydrogen-bond donors (Lipinski definition) is 1. The fourth-order valence-corrected chi connectivity index (χ4v) is 3.16. The molecule has 0 amide bonds. The van der Waals surface area contributed by atoms with Gasteiger partial charge in [0.2, 0.25) is 0 Å². The van der Waals surface area contributed by atoms with Crippen molar-refractivity contribution < 1.29 is 4.42 Å². The molecule has 20 heavy (non-hydrogen) atoms. The van der Waals surface area contributed by atoms with Crippen LogP contribution in [-0.2, 0) is 0 Å². The Bertz CT molecular complexity index is 485. The molecule has 1 aromatic carbocycles. The summed E-state index contributed by atoms with van der Waals surface area (Å²) < 4.78 is 5.63. The molecule has 3 rings (SSSR count). The van der Waals surface area contributed by atoms with Gasteiger partial charge in [-0.15, -0.1) is 0 Å². The molecular formula is C18H23NO. The molecule has 1 aliphatic rings. The van der Waals surface area contributed by atoms with Crippen LogP contribution in [0, 0.1) is 5.92 Å². The van der Waals surface area contributed by atoms with Crippen LogP contribution >= 0.6 is 0 Å². The lowest BCUT2D eigenvalue weighted by atomic mass is 9.89. The molecule has 1 atom stereocenters. The van der Waals surface area contributed by atoms with Crippen LogP contribution in [0.3, 0.4) is 0 Å². The molecule has 1 unspecified atom stereocenters. The van der Waals surface area contributed by atoms with Gasteiger partial charge in [-0.2, -0.15) is 0 Å². The summed E-state index contributed by atoms with van der Waals surface area (Å²) in [6.45, 7) is 1.08. The van der Waals surface area contributed by atoms with Crippen molar-refractivity contribution in [3.05, 3.63) is 60.1 Å². The van der Waals surface area contributed by atoms with Crippen LogP contribution in [0.2, 0.25) is 0 Å². The molecule has 0 aliphatic heterocycles. The van der Waals surface area contributed by atoms with E-state index in [1.165, 1.54) is 37.7 Å². The normalized spacial score (nSPS) is 18.0. The maximum absolute atomic E-state index is 5.63. The van der Waals surface area contributed by atoms with Gasteiger partial charge in [-0.1, -0.05) is 49.6 Å². The van der Waals surface area contributed by atoms with Crippen molar-refractivity contribution in [2.75, 3.05) is 6.54 Å². The lowest BCUT2D eigenvalue weighted by molar-refractivity contribution is 0.326. The summed E-state index contributed by atoms with van der Waals surface area (Å²) in [5.41, 5.74) is 1.28. The highest BCUT2D eigenvalue weighted by Gasteiger charge is 2.19. The lowest BCUT2D eigenvalue weighted by Crippen LogP contribution is -2.29. The molecule has 2 aromatic rings. The van der Waals surface area contributed by atoms with E-state index >= 15 is 0 Å². The average molecular weight is 269 g/mol. The van der Waals surface area contributed by atoms with E-state index in [0.717, 1.165) is 18.2 Å². The van der Waals surface area contributed by atoms with Crippen LogP contribution in [0.15, 0.2) is 53.1 Å². The number of rotatable bonds is 5. The molecule has 2 heteroatoms. The molecule has 0 radical (unpaired) electrons. The lowest BCUT2D eigenvalue weighted by Gasteiger charge is -2.25. The van der Waals surface area contributed by atoms with E-state index in [4.69, 9.17) is 4.42 Å². The van der Waals surface area contributed by atoms with Gasteiger partial charge in [0.15, 0.2) is 0 Å². The maximum atomic E-state index is 5.63. The molecule has 0 spiro atoms. The molecule has 1 heterocycles. The number of nitrogens with one attached hydrogen (secondary N) is 1. The van der Waals surface area contributed by atoms with Gasteiger partial charge < -0.3 is 9.73 Å². The van der Waals surface area contributed by atoms with Crippen molar-refractivity contribution in [3.8, 4) is 0 Å². The highest BCUT2D eigenvalue weighted by Crippen LogP contribution is 2.26. The molecular weight excluding hydrogens is 246 g/mol. The average Bonchev–Trinajstić information content (AvgIpc) is 3.04. The van der Waals surface area contributed by atoms with Gasteiger partial charge >= 0.3 is 0 Å². The van der Waals surface area contributed by atoms with Crippen LogP contribution in [-0.4, -0.2) is 6.54 Å². The summed E-state index contributed by atoms with van der Waals surface area (Å²) in [6.07, 6.45) is 8.69. The quantitative estimate of drug-likeness (QED) is 0.862. The first kappa shape index (κ1) is 13.4. The third kappa shape index (κ3) is 3.31. The Labute approximate surface area is 121 Å². The molecule has 2 nitrogen and oxygen atoms in total. The van der Waals surface area contributed by atoms with Crippen molar-refractivity contribution in [1.82, 2.24) is 5.32 Å². The fourth-order valence-electron chi connectivity index (χ4n) is 3.16. The number of benzene rings is 1. The topological polar surface area (TPSA) is 25.2 Å². The van der Waals surface area contributed by atoms with Gasteiger partial charge in [0.1, 0.15) is 5.76 Å². The predicted molar refractivity (Wildman–Crippen MR) is 81.6 cm³/mol. The molecule has 0 bridgehead atoms. The maximum Gasteiger partial charge on any atom is 0.125 e. The van der Waals surface area contributed by atoms with Crippen molar-refractivity contribution >= 4 is 0 Å². The molecule has 0 saturated heterocycles. The monoisotopic (exact) mass is 269 g/mol. The molecule has 1 fully saturated rings. The minimum absolute atomic E-state index is 0.174. The summed E-state index contributed by atoms with van der Waals surface area (Å²) in [5.74, 6) is 1.83. The Morgan fingerprint density at radius 3 is 2.50 bits per heavy atom. The van der Waals surface area contributed by atoms with Gasteiger partial charge in [0, 0.05) is 0 Å². The third-order valence-electron chi connectivity index (χ3n) is 4.30. The minimum Gasteiger partial charge on any atom is -0.467 e. The van der Waals surface area contributed by atoms with Crippen molar-refractivity contribution in [2.45, 2.75) is 38.1 Å². The minimum atomic E-state index is 0.174. The van der Waals surface area contributed by atoms with E-state index in [-0.39, 0.29) is 6.04 Å². The molecule has 1 N–H and O–H groups in total. The second kappa shape index (κ2) is 6.76. The number of hydrogen-bond acceptors (Lipinski definition) is 2. The van der Waals surface area contributed by atoms with Crippen molar-refractivity contribution in [2.24, 2.45) is 5.92 Å². The Balaban J connectivity index is 1.69. The van der Waals surface area contributed by atoms with E-state index in [1.54, 1.807) is 6.26 Å². The van der Waals surface area contributed by atoms with E-state index in [9.17, 15) is 0 Å². The highest BCUT2D eigenvalue weighted by molar-refractivity contribution is 5.26. The van der Waals surface area contributed by atoms with Gasteiger partial charge in [-0.05, 0) is 43.0 Å². The molecule has 1 aromatic heterocycles. The van der Waals surface area contributed by atoms with Crippen LogP contribution in [0.1, 0.15) is 49.5 Å². The van der Waals surface area contributed by atoms with Gasteiger partial charge in [-0.3, -0.25) is 0 Å². The molecule has 1 saturated carbocycles. The second-order valence-corrected chi connectivity index (χ2v) is 5.77. The zero-order valence-electron chi connectivity index (χ0n) is 11.9. The summed E-state index contributed by atoms with van der Waals surface area (Å²) in [7, 11) is 0. The van der Waals surface area contributed by atoms with Gasteiger partial charge in [0.25, 0.3) is 0 Å². The van der Waals surface area contributed by atoms with E-state index < -0.39 is 0 Å². The second-order valence-electron chi connectivity index (χ2n) is 5.77. The van der Waals surface area contributed by atoms with Gasteiger partial charge in [-0.25, -0.2) is 0 Å². The highest BCUT2D eigenvalue weighted by atomic mass is 16.3. The van der Waals surface area contributed by atoms with Crippen molar-refractivity contribution in [1.29, 1.82) is 0 Å². The van der Waals surface area contributed by atoms with Crippen LogP contribution in [0.4, 0.5) is 0 Å². The zero-order valence-corrected chi connectivity index (χ0v) is 11.9. The Hall–Kier alpha value is -1.54. The Morgan fingerprint density at radius 2 is 1.80 bits per heavy atom. The first-order valence-corrected chi connectivity index (χ1v) is 7.75. The zero-order chi connectivity index (χ0) is 13.6.